The highest BCUT2D eigenvalue weighted by atomic mass is 16.2. The summed E-state index contributed by atoms with van der Waals surface area (Å²) >= 11 is 0. The smallest absolute Gasteiger partial charge is 0.320 e. The van der Waals surface area contributed by atoms with E-state index in [0.717, 1.165) is 52.0 Å². The summed E-state index contributed by atoms with van der Waals surface area (Å²) in [5.74, 6) is 0. The molecule has 1 atom stereocenters. The van der Waals surface area contributed by atoms with Crippen molar-refractivity contribution in [2.45, 2.75) is 46.1 Å². The molecule has 0 aromatic rings. The zero-order valence-electron chi connectivity index (χ0n) is 11.5. The Labute approximate surface area is 105 Å². The van der Waals surface area contributed by atoms with E-state index in [-0.39, 0.29) is 6.03 Å². The van der Waals surface area contributed by atoms with Gasteiger partial charge in [-0.2, -0.15) is 0 Å². The molecule has 1 rings (SSSR count). The molecule has 17 heavy (non-hydrogen) atoms. The summed E-state index contributed by atoms with van der Waals surface area (Å²) in [4.78, 5) is 16.5. The number of hydrogen-bond donors (Lipinski definition) is 1. The fraction of sp³-hybridized carbons (Fsp3) is 0.923. The first-order valence-corrected chi connectivity index (χ1v) is 6.97. The molecule has 0 aromatic heterocycles. The Morgan fingerprint density at radius 1 is 1.35 bits per heavy atom. The Morgan fingerprint density at radius 3 is 2.53 bits per heavy atom. The minimum absolute atomic E-state index is 0.231. The molecule has 1 fully saturated rings. The lowest BCUT2D eigenvalue weighted by Gasteiger charge is -2.36. The van der Waals surface area contributed by atoms with Crippen LogP contribution in [0.3, 0.4) is 0 Å². The molecule has 4 nitrogen and oxygen atoms in total. The van der Waals surface area contributed by atoms with E-state index in [2.05, 4.69) is 31.0 Å². The monoisotopic (exact) mass is 241 g/mol. The number of nitrogens with one attached hydrogen (secondary N) is 1. The number of carbonyl (C=O) groups is 1. The third-order valence-electron chi connectivity index (χ3n) is 3.51. The molecule has 0 bridgehead atoms. The van der Waals surface area contributed by atoms with Crippen molar-refractivity contribution in [3.8, 4) is 0 Å². The first-order valence-electron chi connectivity index (χ1n) is 6.97. The predicted molar refractivity (Wildman–Crippen MR) is 71.2 cm³/mol. The molecule has 100 valence electrons. The molecule has 1 N–H and O–H groups in total. The fourth-order valence-corrected chi connectivity index (χ4v) is 2.09. The molecule has 1 heterocycles. The molecule has 0 saturated carbocycles. The van der Waals surface area contributed by atoms with Gasteiger partial charge in [0.2, 0.25) is 0 Å². The van der Waals surface area contributed by atoms with E-state index in [4.69, 9.17) is 0 Å². The maximum Gasteiger partial charge on any atom is 0.320 e. The number of hydrogen-bond acceptors (Lipinski definition) is 2. The van der Waals surface area contributed by atoms with Crippen molar-refractivity contribution in [2.24, 2.45) is 0 Å². The molecule has 0 radical (unpaired) electrons. The molecule has 4 heteroatoms. The van der Waals surface area contributed by atoms with E-state index in [1.54, 1.807) is 0 Å². The van der Waals surface area contributed by atoms with Crippen LogP contribution in [-0.2, 0) is 0 Å². The van der Waals surface area contributed by atoms with E-state index in [1.165, 1.54) is 0 Å². The lowest BCUT2D eigenvalue weighted by Crippen LogP contribution is -2.53. The molecule has 2 amide bonds. The molecule has 0 aliphatic carbocycles. The Bertz CT molecular complexity index is 227. The van der Waals surface area contributed by atoms with Gasteiger partial charge in [-0.3, -0.25) is 0 Å². The van der Waals surface area contributed by atoms with Crippen LogP contribution in [0.5, 0.6) is 0 Å². The van der Waals surface area contributed by atoms with Gasteiger partial charge in [0, 0.05) is 38.8 Å². The van der Waals surface area contributed by atoms with Gasteiger partial charge in [0.05, 0.1) is 0 Å². The highest BCUT2D eigenvalue weighted by molar-refractivity contribution is 5.75. The molecular formula is C13H27N3O. The number of rotatable bonds is 5. The van der Waals surface area contributed by atoms with Gasteiger partial charge in [0.15, 0.2) is 0 Å². The number of urea groups is 1. The molecule has 1 aliphatic heterocycles. The second-order valence-corrected chi connectivity index (χ2v) is 4.82. The van der Waals surface area contributed by atoms with Gasteiger partial charge in [0.1, 0.15) is 0 Å². The fourth-order valence-electron chi connectivity index (χ4n) is 2.09. The van der Waals surface area contributed by atoms with Crippen molar-refractivity contribution in [3.63, 3.8) is 0 Å². The van der Waals surface area contributed by atoms with Crippen molar-refractivity contribution < 1.29 is 4.79 Å². The summed E-state index contributed by atoms with van der Waals surface area (Å²) in [7, 11) is 0. The van der Waals surface area contributed by atoms with Crippen molar-refractivity contribution in [2.75, 3.05) is 32.7 Å². The number of nitrogens with zero attached hydrogens (tertiary/aromatic N) is 2. The molecule has 0 aromatic carbocycles. The zero-order valence-corrected chi connectivity index (χ0v) is 11.5. The van der Waals surface area contributed by atoms with Gasteiger partial charge >= 0.3 is 6.03 Å². The first kappa shape index (κ1) is 14.3. The SMILES string of the molecule is CCCCN(C(=O)N1CCNCC1)C(C)CC. The number of carbonyl (C=O) groups excluding carboxylic acids is 1. The zero-order chi connectivity index (χ0) is 12.7. The van der Waals surface area contributed by atoms with E-state index in [0.29, 0.717) is 6.04 Å². The molecule has 1 saturated heterocycles. The van der Waals surface area contributed by atoms with Crippen LogP contribution in [0.1, 0.15) is 40.0 Å². The Morgan fingerprint density at radius 2 is 2.00 bits per heavy atom. The maximum absolute atomic E-state index is 12.4. The summed E-state index contributed by atoms with van der Waals surface area (Å²) < 4.78 is 0. The molecule has 1 unspecified atom stereocenters. The van der Waals surface area contributed by atoms with Gasteiger partial charge in [-0.05, 0) is 19.8 Å². The maximum atomic E-state index is 12.4. The van der Waals surface area contributed by atoms with Gasteiger partial charge in [-0.1, -0.05) is 20.3 Å². The highest BCUT2D eigenvalue weighted by Crippen LogP contribution is 2.10. The Balaban J connectivity index is 2.56. The van der Waals surface area contributed by atoms with Gasteiger partial charge < -0.3 is 15.1 Å². The summed E-state index contributed by atoms with van der Waals surface area (Å²) in [5.41, 5.74) is 0. The van der Waals surface area contributed by atoms with Crippen molar-refractivity contribution in [1.29, 1.82) is 0 Å². The van der Waals surface area contributed by atoms with Gasteiger partial charge in [-0.15, -0.1) is 0 Å². The largest absolute Gasteiger partial charge is 0.322 e. The Hall–Kier alpha value is -0.770. The van der Waals surface area contributed by atoms with Crippen LogP contribution in [0.2, 0.25) is 0 Å². The van der Waals surface area contributed by atoms with Crippen LogP contribution in [-0.4, -0.2) is 54.6 Å². The second-order valence-electron chi connectivity index (χ2n) is 4.82. The van der Waals surface area contributed by atoms with E-state index in [9.17, 15) is 4.79 Å². The minimum atomic E-state index is 0.231. The average Bonchev–Trinajstić information content (AvgIpc) is 2.39. The van der Waals surface area contributed by atoms with Crippen LogP contribution in [0.25, 0.3) is 0 Å². The normalized spacial score (nSPS) is 17.9. The third-order valence-corrected chi connectivity index (χ3v) is 3.51. The van der Waals surface area contributed by atoms with E-state index < -0.39 is 0 Å². The first-order chi connectivity index (χ1) is 8.20. The van der Waals surface area contributed by atoms with Crippen molar-refractivity contribution in [1.82, 2.24) is 15.1 Å². The standard InChI is InChI=1S/C13H27N3O/c1-4-6-9-16(12(3)5-2)13(17)15-10-7-14-8-11-15/h12,14H,4-11H2,1-3H3. The third kappa shape index (κ3) is 4.19. The summed E-state index contributed by atoms with van der Waals surface area (Å²) in [6, 6.07) is 0.582. The van der Waals surface area contributed by atoms with Crippen LogP contribution >= 0.6 is 0 Å². The average molecular weight is 241 g/mol. The minimum Gasteiger partial charge on any atom is -0.322 e. The lowest BCUT2D eigenvalue weighted by atomic mass is 10.2. The lowest BCUT2D eigenvalue weighted by molar-refractivity contribution is 0.129. The molecular weight excluding hydrogens is 214 g/mol. The number of piperazine rings is 1. The van der Waals surface area contributed by atoms with Crippen molar-refractivity contribution >= 4 is 6.03 Å². The summed E-state index contributed by atoms with van der Waals surface area (Å²) in [6.45, 7) is 10.9. The molecule has 1 aliphatic rings. The van der Waals surface area contributed by atoms with Crippen LogP contribution in [0.4, 0.5) is 4.79 Å². The predicted octanol–water partition coefficient (Wildman–Crippen LogP) is 1.91. The van der Waals surface area contributed by atoms with Crippen LogP contribution < -0.4 is 5.32 Å². The number of unbranched alkanes of at least 4 members (excludes halogenated alkanes) is 1. The van der Waals surface area contributed by atoms with E-state index in [1.807, 2.05) is 4.90 Å². The quantitative estimate of drug-likeness (QED) is 0.798. The summed E-state index contributed by atoms with van der Waals surface area (Å²) in [6.07, 6.45) is 3.27. The van der Waals surface area contributed by atoms with Crippen molar-refractivity contribution in [3.05, 3.63) is 0 Å². The Kier molecular flexibility index (Phi) is 6.34. The van der Waals surface area contributed by atoms with Gasteiger partial charge in [-0.25, -0.2) is 4.79 Å². The van der Waals surface area contributed by atoms with Crippen LogP contribution in [0.15, 0.2) is 0 Å². The van der Waals surface area contributed by atoms with Gasteiger partial charge in [0.25, 0.3) is 0 Å². The molecule has 0 spiro atoms. The topological polar surface area (TPSA) is 35.6 Å². The number of amides is 2. The van der Waals surface area contributed by atoms with Crippen LogP contribution in [0, 0.1) is 0 Å². The second kappa shape index (κ2) is 7.54. The van der Waals surface area contributed by atoms with E-state index >= 15 is 0 Å². The summed E-state index contributed by atoms with van der Waals surface area (Å²) in [5, 5.41) is 3.28. The highest BCUT2D eigenvalue weighted by Gasteiger charge is 2.24.